The van der Waals surface area contributed by atoms with Crippen molar-refractivity contribution in [2.24, 2.45) is 0 Å². The smallest absolute Gasteiger partial charge is 0.265 e. The Morgan fingerprint density at radius 3 is 2.48 bits per heavy atom. The van der Waals surface area contributed by atoms with Crippen molar-refractivity contribution in [3.8, 4) is 5.75 Å². The summed E-state index contributed by atoms with van der Waals surface area (Å²) >= 11 is 0. The fourth-order valence-electron chi connectivity index (χ4n) is 2.26. The van der Waals surface area contributed by atoms with Crippen LogP contribution in [0.2, 0.25) is 0 Å². The molecule has 0 spiro atoms. The first-order valence-electron chi connectivity index (χ1n) is 7.84. The van der Waals surface area contributed by atoms with Gasteiger partial charge in [-0.15, -0.1) is 0 Å². The Morgan fingerprint density at radius 1 is 1.13 bits per heavy atom. The highest BCUT2D eigenvalue weighted by Gasteiger charge is 2.18. The molecular formula is C19H22FNO2. The molecule has 0 aliphatic heterocycles. The molecule has 0 aromatic heterocycles. The zero-order valence-corrected chi connectivity index (χ0v) is 13.7. The molecule has 0 bridgehead atoms. The van der Waals surface area contributed by atoms with E-state index in [1.807, 2.05) is 24.3 Å². The van der Waals surface area contributed by atoms with E-state index in [-0.39, 0.29) is 11.6 Å². The van der Waals surface area contributed by atoms with Crippen molar-refractivity contribution >= 4 is 11.6 Å². The summed E-state index contributed by atoms with van der Waals surface area (Å²) in [6.45, 7) is 5.88. The topological polar surface area (TPSA) is 38.3 Å². The Morgan fingerprint density at radius 2 is 1.78 bits per heavy atom. The average Bonchev–Trinajstić information content (AvgIpc) is 2.56. The second-order valence-corrected chi connectivity index (χ2v) is 5.58. The number of anilines is 1. The van der Waals surface area contributed by atoms with E-state index in [9.17, 15) is 9.18 Å². The van der Waals surface area contributed by atoms with Gasteiger partial charge in [-0.1, -0.05) is 44.2 Å². The van der Waals surface area contributed by atoms with Crippen molar-refractivity contribution in [2.45, 2.75) is 39.2 Å². The van der Waals surface area contributed by atoms with Crippen molar-refractivity contribution < 1.29 is 13.9 Å². The predicted octanol–water partition coefficient (Wildman–Crippen LogP) is 4.75. The minimum absolute atomic E-state index is 0.156. The molecular weight excluding hydrogens is 293 g/mol. The molecule has 0 aliphatic carbocycles. The van der Waals surface area contributed by atoms with Crippen molar-refractivity contribution in [3.05, 3.63) is 59.9 Å². The molecule has 1 amide bonds. The van der Waals surface area contributed by atoms with Crippen LogP contribution in [0.3, 0.4) is 0 Å². The largest absolute Gasteiger partial charge is 0.481 e. The minimum atomic E-state index is -0.722. The van der Waals surface area contributed by atoms with Crippen molar-refractivity contribution in [1.82, 2.24) is 0 Å². The number of carbonyl (C=O) groups is 1. The lowest BCUT2D eigenvalue weighted by Gasteiger charge is -2.19. The van der Waals surface area contributed by atoms with Crippen LogP contribution in [0.1, 0.15) is 38.7 Å². The van der Waals surface area contributed by atoms with Gasteiger partial charge in [0.1, 0.15) is 11.6 Å². The summed E-state index contributed by atoms with van der Waals surface area (Å²) in [5, 5.41) is 2.55. The maximum atomic E-state index is 13.6. The molecule has 3 nitrogen and oxygen atoms in total. The molecule has 0 fully saturated rings. The number of rotatable bonds is 6. The fourth-order valence-corrected chi connectivity index (χ4v) is 2.26. The van der Waals surface area contributed by atoms with Gasteiger partial charge >= 0.3 is 0 Å². The number of nitrogens with one attached hydrogen (secondary N) is 1. The van der Waals surface area contributed by atoms with Gasteiger partial charge in [0.2, 0.25) is 0 Å². The third-order valence-electron chi connectivity index (χ3n) is 3.87. The SMILES string of the molecule is CCC(C)c1ccccc1OC(C)C(=O)Nc1ccccc1F. The number of amides is 1. The summed E-state index contributed by atoms with van der Waals surface area (Å²) in [5.41, 5.74) is 1.23. The lowest BCUT2D eigenvalue weighted by molar-refractivity contribution is -0.122. The molecule has 0 radical (unpaired) electrons. The summed E-state index contributed by atoms with van der Waals surface area (Å²) in [6.07, 6.45) is 0.260. The predicted molar refractivity (Wildman–Crippen MR) is 90.3 cm³/mol. The second kappa shape index (κ2) is 7.77. The van der Waals surface area contributed by atoms with E-state index in [0.29, 0.717) is 11.7 Å². The van der Waals surface area contributed by atoms with Crippen LogP contribution in [-0.4, -0.2) is 12.0 Å². The van der Waals surface area contributed by atoms with E-state index < -0.39 is 11.9 Å². The van der Waals surface area contributed by atoms with Crippen LogP contribution < -0.4 is 10.1 Å². The first kappa shape index (κ1) is 17.0. The van der Waals surface area contributed by atoms with Gasteiger partial charge in [-0.2, -0.15) is 0 Å². The lowest BCUT2D eigenvalue weighted by atomic mass is 9.98. The van der Waals surface area contributed by atoms with E-state index in [0.717, 1.165) is 12.0 Å². The summed E-state index contributed by atoms with van der Waals surface area (Å²) in [6, 6.07) is 13.8. The molecule has 2 atom stereocenters. The third kappa shape index (κ3) is 4.31. The number of benzene rings is 2. The fraction of sp³-hybridized carbons (Fsp3) is 0.316. The maximum absolute atomic E-state index is 13.6. The molecule has 0 heterocycles. The lowest BCUT2D eigenvalue weighted by Crippen LogP contribution is -2.30. The Bertz CT molecular complexity index is 672. The summed E-state index contributed by atoms with van der Waals surface area (Å²) < 4.78 is 19.4. The van der Waals surface area contributed by atoms with Crippen LogP contribution in [0.25, 0.3) is 0 Å². The summed E-state index contributed by atoms with van der Waals surface area (Å²) in [4.78, 5) is 12.2. The summed E-state index contributed by atoms with van der Waals surface area (Å²) in [7, 11) is 0. The van der Waals surface area contributed by atoms with Gasteiger partial charge in [0.15, 0.2) is 6.10 Å². The highest BCUT2D eigenvalue weighted by Crippen LogP contribution is 2.29. The van der Waals surface area contributed by atoms with Gasteiger partial charge in [0.05, 0.1) is 5.69 Å². The van der Waals surface area contributed by atoms with Crippen LogP contribution in [0.15, 0.2) is 48.5 Å². The molecule has 2 aromatic carbocycles. The average molecular weight is 315 g/mol. The van der Waals surface area contributed by atoms with Crippen molar-refractivity contribution in [2.75, 3.05) is 5.32 Å². The molecule has 2 rings (SSSR count). The van der Waals surface area contributed by atoms with Gasteiger partial charge < -0.3 is 10.1 Å². The quantitative estimate of drug-likeness (QED) is 0.835. The van der Waals surface area contributed by atoms with Crippen LogP contribution in [0.5, 0.6) is 5.75 Å². The van der Waals surface area contributed by atoms with Gasteiger partial charge in [0, 0.05) is 0 Å². The Kier molecular flexibility index (Phi) is 5.74. The number of halogens is 1. The molecule has 2 aromatic rings. The number of ether oxygens (including phenoxy) is 1. The van der Waals surface area contributed by atoms with Gasteiger partial charge in [-0.25, -0.2) is 4.39 Å². The Labute approximate surface area is 136 Å². The van der Waals surface area contributed by atoms with Gasteiger partial charge in [-0.3, -0.25) is 4.79 Å². The molecule has 0 saturated heterocycles. The molecule has 122 valence electrons. The van der Waals surface area contributed by atoms with E-state index >= 15 is 0 Å². The molecule has 1 N–H and O–H groups in total. The summed E-state index contributed by atoms with van der Waals surface area (Å²) in [5.74, 6) is 0.188. The van der Waals surface area contributed by atoms with Crippen LogP contribution in [0, 0.1) is 5.82 Å². The van der Waals surface area contributed by atoms with Crippen LogP contribution >= 0.6 is 0 Å². The first-order chi connectivity index (χ1) is 11.0. The number of para-hydroxylation sites is 2. The zero-order chi connectivity index (χ0) is 16.8. The molecule has 23 heavy (non-hydrogen) atoms. The molecule has 0 saturated carbocycles. The molecule has 0 aliphatic rings. The van der Waals surface area contributed by atoms with Gasteiger partial charge in [-0.05, 0) is 43.0 Å². The normalized spacial score (nSPS) is 13.2. The third-order valence-corrected chi connectivity index (χ3v) is 3.87. The molecule has 4 heteroatoms. The maximum Gasteiger partial charge on any atom is 0.265 e. The van der Waals surface area contributed by atoms with Crippen LogP contribution in [-0.2, 0) is 4.79 Å². The van der Waals surface area contributed by atoms with E-state index in [1.54, 1.807) is 19.1 Å². The standard InChI is InChI=1S/C19H22FNO2/c1-4-13(2)15-9-5-8-12-18(15)23-14(3)19(22)21-17-11-7-6-10-16(17)20/h5-14H,4H2,1-3H3,(H,21,22). The molecule has 2 unspecified atom stereocenters. The minimum Gasteiger partial charge on any atom is -0.481 e. The second-order valence-electron chi connectivity index (χ2n) is 5.58. The number of hydrogen-bond acceptors (Lipinski definition) is 2. The zero-order valence-electron chi connectivity index (χ0n) is 13.7. The van der Waals surface area contributed by atoms with E-state index in [1.165, 1.54) is 12.1 Å². The Hall–Kier alpha value is -2.36. The van der Waals surface area contributed by atoms with Crippen molar-refractivity contribution in [1.29, 1.82) is 0 Å². The van der Waals surface area contributed by atoms with E-state index in [2.05, 4.69) is 19.2 Å². The highest BCUT2D eigenvalue weighted by atomic mass is 19.1. The number of hydrogen-bond donors (Lipinski definition) is 1. The highest BCUT2D eigenvalue weighted by molar-refractivity contribution is 5.94. The Balaban J connectivity index is 2.09. The van der Waals surface area contributed by atoms with Crippen molar-refractivity contribution in [3.63, 3.8) is 0 Å². The first-order valence-corrected chi connectivity index (χ1v) is 7.84. The van der Waals surface area contributed by atoms with E-state index in [4.69, 9.17) is 4.74 Å². The monoisotopic (exact) mass is 315 g/mol. The van der Waals surface area contributed by atoms with Crippen LogP contribution in [0.4, 0.5) is 10.1 Å². The van der Waals surface area contributed by atoms with Gasteiger partial charge in [0.25, 0.3) is 5.91 Å². The number of carbonyl (C=O) groups excluding carboxylic acids is 1.